The Balaban J connectivity index is 1.64. The molecule has 0 saturated carbocycles. The first kappa shape index (κ1) is 30.7. The van der Waals surface area contributed by atoms with Crippen molar-refractivity contribution < 1.29 is 47.1 Å². The molecule has 0 aromatic heterocycles. The molecule has 232 valence electrons. The van der Waals surface area contributed by atoms with Crippen LogP contribution in [-0.2, 0) is 20.7 Å². The van der Waals surface area contributed by atoms with E-state index in [1.807, 2.05) is 12.1 Å². The second kappa shape index (κ2) is 13.3. The number of hydrogen-bond donors (Lipinski definition) is 1. The third-order valence-electron chi connectivity index (χ3n) is 7.95. The third-order valence-corrected chi connectivity index (χ3v) is 7.95. The van der Waals surface area contributed by atoms with E-state index in [2.05, 4.69) is 5.32 Å². The molecule has 1 amide bonds. The van der Waals surface area contributed by atoms with Crippen molar-refractivity contribution in [2.75, 3.05) is 48.9 Å². The van der Waals surface area contributed by atoms with E-state index in [1.54, 1.807) is 25.3 Å². The van der Waals surface area contributed by atoms with Gasteiger partial charge in [0.15, 0.2) is 23.0 Å². The summed E-state index contributed by atoms with van der Waals surface area (Å²) in [6, 6.07) is 10.6. The minimum Gasteiger partial charge on any atom is -0.497 e. The van der Waals surface area contributed by atoms with Gasteiger partial charge in [0, 0.05) is 36.1 Å². The zero-order valence-electron chi connectivity index (χ0n) is 25.1. The number of hydrogen-bond acceptors (Lipinski definition) is 9. The summed E-state index contributed by atoms with van der Waals surface area (Å²) in [7, 11) is 7.39. The second-order valence-electron chi connectivity index (χ2n) is 10.3. The van der Waals surface area contributed by atoms with E-state index in [-0.39, 0.29) is 24.5 Å². The summed E-state index contributed by atoms with van der Waals surface area (Å²) < 4.78 is 53.6. The van der Waals surface area contributed by atoms with Crippen LogP contribution in [0, 0.1) is 17.7 Å². The van der Waals surface area contributed by atoms with Crippen LogP contribution in [0.2, 0.25) is 0 Å². The van der Waals surface area contributed by atoms with Crippen LogP contribution in [0.4, 0.5) is 4.39 Å². The van der Waals surface area contributed by atoms with Gasteiger partial charge in [-0.15, -0.1) is 0 Å². The topological polar surface area (TPSA) is 111 Å². The predicted molar refractivity (Wildman–Crippen MR) is 159 cm³/mol. The molecule has 1 aliphatic heterocycles. The predicted octanol–water partition coefficient (Wildman–Crippen LogP) is 4.62. The maximum atomic E-state index is 15.2. The van der Waals surface area contributed by atoms with Crippen molar-refractivity contribution in [3.8, 4) is 34.5 Å². The van der Waals surface area contributed by atoms with Gasteiger partial charge in [-0.05, 0) is 65.6 Å². The zero-order chi connectivity index (χ0) is 31.4. The van der Waals surface area contributed by atoms with Gasteiger partial charge in [0.05, 0.1) is 41.1 Å². The highest BCUT2D eigenvalue weighted by Gasteiger charge is 2.39. The number of nitrogens with one attached hydrogen (secondary N) is 1. The quantitative estimate of drug-likeness (QED) is 0.190. The van der Waals surface area contributed by atoms with Crippen LogP contribution >= 0.6 is 0 Å². The maximum Gasteiger partial charge on any atom is 0.252 e. The first-order valence-corrected chi connectivity index (χ1v) is 13.9. The minimum absolute atomic E-state index is 0.0787. The molecule has 3 aromatic rings. The Bertz CT molecular complexity index is 1560. The van der Waals surface area contributed by atoms with Gasteiger partial charge in [-0.25, -0.2) is 4.39 Å². The maximum absolute atomic E-state index is 15.2. The lowest BCUT2D eigenvalue weighted by molar-refractivity contribution is -0.119. The standard InChI is InChI=1S/C33H34FNO9/c1-38-16-25-21(15-36)8-19-10-27-28(44-17-43-27)14-23(19)31(25)35-33(37)24(9-18-6-7-22(39-2)13-26(18)34)20-11-29(40-3)32(42-5)30(12-20)41-4/h6-7,9-15,21,25,31H,8,16-17H2,1-5H3,(H,35,37)/b24-9+/t21-,25?,31+/m0/s1. The van der Waals surface area contributed by atoms with Gasteiger partial charge in [0.25, 0.3) is 5.91 Å². The summed E-state index contributed by atoms with van der Waals surface area (Å²) in [6.07, 6.45) is 2.78. The fourth-order valence-electron chi connectivity index (χ4n) is 5.74. The Morgan fingerprint density at radius 1 is 0.955 bits per heavy atom. The molecule has 10 nitrogen and oxygen atoms in total. The summed E-state index contributed by atoms with van der Waals surface area (Å²) in [5.74, 6) is 0.454. The zero-order valence-corrected chi connectivity index (χ0v) is 25.1. The van der Waals surface area contributed by atoms with Crippen LogP contribution in [0.1, 0.15) is 28.3 Å². The number of rotatable bonds is 11. The highest BCUT2D eigenvalue weighted by molar-refractivity contribution is 6.24. The van der Waals surface area contributed by atoms with Gasteiger partial charge in [-0.1, -0.05) is 0 Å². The number of benzene rings is 3. The molecule has 0 fully saturated rings. The highest BCUT2D eigenvalue weighted by atomic mass is 19.1. The average molecular weight is 608 g/mol. The van der Waals surface area contributed by atoms with Gasteiger partial charge >= 0.3 is 0 Å². The molecule has 0 radical (unpaired) electrons. The first-order chi connectivity index (χ1) is 21.3. The monoisotopic (exact) mass is 607 g/mol. The van der Waals surface area contributed by atoms with Gasteiger partial charge < -0.3 is 43.3 Å². The highest BCUT2D eigenvalue weighted by Crippen LogP contribution is 2.45. The van der Waals surface area contributed by atoms with E-state index in [4.69, 9.17) is 33.2 Å². The van der Waals surface area contributed by atoms with Gasteiger partial charge in [-0.3, -0.25) is 4.79 Å². The molecule has 3 aromatic carbocycles. The lowest BCUT2D eigenvalue weighted by atomic mass is 9.73. The normalized spacial score (nSPS) is 18.7. The molecule has 2 aliphatic rings. The van der Waals surface area contributed by atoms with E-state index in [9.17, 15) is 9.59 Å². The van der Waals surface area contributed by atoms with Crippen LogP contribution in [-0.4, -0.2) is 61.1 Å². The number of carbonyl (C=O) groups is 2. The smallest absolute Gasteiger partial charge is 0.252 e. The second-order valence-corrected chi connectivity index (χ2v) is 10.3. The van der Waals surface area contributed by atoms with Crippen molar-refractivity contribution >= 4 is 23.8 Å². The van der Waals surface area contributed by atoms with E-state index >= 15 is 4.39 Å². The van der Waals surface area contributed by atoms with Crippen LogP contribution in [0.15, 0.2) is 42.5 Å². The fourth-order valence-corrected chi connectivity index (χ4v) is 5.74. The number of methoxy groups -OCH3 is 5. The van der Waals surface area contributed by atoms with Crippen molar-refractivity contribution in [2.45, 2.75) is 12.5 Å². The molecule has 0 bridgehead atoms. The average Bonchev–Trinajstić information content (AvgIpc) is 3.50. The lowest BCUT2D eigenvalue weighted by Crippen LogP contribution is -2.43. The number of halogens is 1. The Kier molecular flexibility index (Phi) is 9.24. The molecule has 1 aliphatic carbocycles. The molecule has 11 heteroatoms. The van der Waals surface area contributed by atoms with Crippen molar-refractivity contribution in [3.05, 3.63) is 70.5 Å². The van der Waals surface area contributed by atoms with E-state index in [1.165, 1.54) is 46.6 Å². The summed E-state index contributed by atoms with van der Waals surface area (Å²) in [6.45, 7) is 0.286. The van der Waals surface area contributed by atoms with E-state index < -0.39 is 29.6 Å². The Morgan fingerprint density at radius 3 is 2.25 bits per heavy atom. The molecule has 0 spiro atoms. The molecular formula is C33H34FNO9. The Hall–Kier alpha value is -4.77. The molecule has 5 rings (SSSR count). The van der Waals surface area contributed by atoms with Gasteiger partial charge in [0.1, 0.15) is 17.9 Å². The van der Waals surface area contributed by atoms with Crippen molar-refractivity contribution in [1.29, 1.82) is 0 Å². The molecule has 3 atom stereocenters. The van der Waals surface area contributed by atoms with Crippen molar-refractivity contribution in [2.24, 2.45) is 11.8 Å². The summed E-state index contributed by atoms with van der Waals surface area (Å²) in [5, 5.41) is 3.13. The summed E-state index contributed by atoms with van der Waals surface area (Å²) in [4.78, 5) is 26.6. The van der Waals surface area contributed by atoms with Crippen molar-refractivity contribution in [3.63, 3.8) is 0 Å². The number of aldehydes is 1. The molecular weight excluding hydrogens is 573 g/mol. The summed E-state index contributed by atoms with van der Waals surface area (Å²) >= 11 is 0. The lowest BCUT2D eigenvalue weighted by Gasteiger charge is -2.37. The van der Waals surface area contributed by atoms with Crippen LogP contribution in [0.3, 0.4) is 0 Å². The first-order valence-electron chi connectivity index (χ1n) is 13.9. The Labute approximate surface area is 254 Å². The molecule has 1 unspecified atom stereocenters. The molecule has 0 saturated heterocycles. The summed E-state index contributed by atoms with van der Waals surface area (Å²) in [5.41, 5.74) is 2.27. The molecule has 1 N–H and O–H groups in total. The number of carbonyl (C=O) groups excluding carboxylic acids is 2. The minimum atomic E-state index is -0.651. The fraction of sp³-hybridized carbons (Fsp3) is 0.333. The third kappa shape index (κ3) is 5.87. The molecule has 44 heavy (non-hydrogen) atoms. The van der Waals surface area contributed by atoms with E-state index in [0.29, 0.717) is 46.5 Å². The van der Waals surface area contributed by atoms with Crippen molar-refractivity contribution in [1.82, 2.24) is 5.32 Å². The largest absolute Gasteiger partial charge is 0.497 e. The van der Waals surface area contributed by atoms with Crippen LogP contribution < -0.4 is 33.7 Å². The van der Waals surface area contributed by atoms with E-state index in [0.717, 1.165) is 17.4 Å². The van der Waals surface area contributed by atoms with Crippen LogP contribution in [0.25, 0.3) is 11.6 Å². The van der Waals surface area contributed by atoms with Gasteiger partial charge in [0.2, 0.25) is 12.5 Å². The Morgan fingerprint density at radius 2 is 1.66 bits per heavy atom. The van der Waals surface area contributed by atoms with Gasteiger partial charge in [-0.2, -0.15) is 0 Å². The molecule has 1 heterocycles. The van der Waals surface area contributed by atoms with Crippen LogP contribution in [0.5, 0.6) is 34.5 Å². The number of amides is 1. The SMILES string of the molecule is COCC1[C@H](C=O)Cc2cc3c(cc2[C@H]1NC(=O)/C(=C/c1ccc(OC)cc1F)c1cc(OC)c(OC)c(OC)c1)OCO3. The number of ether oxygens (including phenoxy) is 7. The number of fused-ring (bicyclic) bond motifs is 2.